The van der Waals surface area contributed by atoms with Crippen LogP contribution in [0.3, 0.4) is 0 Å². The number of anilines is 1. The second kappa shape index (κ2) is 12.4. The average Bonchev–Trinajstić information content (AvgIpc) is 3.17. The van der Waals surface area contributed by atoms with Crippen LogP contribution in [0.5, 0.6) is 0 Å². The number of carbonyl (C=O) groups is 2. The van der Waals surface area contributed by atoms with Crippen molar-refractivity contribution in [1.82, 2.24) is 14.9 Å². The van der Waals surface area contributed by atoms with E-state index in [9.17, 15) is 27.6 Å². The highest BCUT2D eigenvalue weighted by molar-refractivity contribution is 6.74. The summed E-state index contributed by atoms with van der Waals surface area (Å²) in [5.74, 6) is 2.02. The Morgan fingerprint density at radius 1 is 1.32 bits per heavy atom. The minimum Gasteiger partial charge on any atom is -0.414 e. The van der Waals surface area contributed by atoms with E-state index in [2.05, 4.69) is 56.0 Å². The van der Waals surface area contributed by atoms with E-state index in [1.165, 1.54) is 13.1 Å². The van der Waals surface area contributed by atoms with E-state index in [0.717, 1.165) is 4.57 Å². The van der Waals surface area contributed by atoms with E-state index < -0.39 is 57.0 Å². The number of hydrogen-bond acceptors (Lipinski definition) is 8. The number of carbonyl (C=O) groups excluding carboxylic acids is 2. The molecule has 0 saturated carbocycles. The zero-order valence-electron chi connectivity index (χ0n) is 22.2. The highest BCUT2D eigenvalue weighted by Crippen LogP contribution is 2.38. The van der Waals surface area contributed by atoms with Crippen molar-refractivity contribution in [1.29, 1.82) is 0 Å². The summed E-state index contributed by atoms with van der Waals surface area (Å²) in [6.45, 7) is 11.2. The lowest BCUT2D eigenvalue weighted by Gasteiger charge is -2.37. The number of rotatable bonds is 8. The fraction of sp³-hybridized carbons (Fsp3) is 0.652. The highest BCUT2D eigenvalue weighted by Gasteiger charge is 2.42. The van der Waals surface area contributed by atoms with Crippen LogP contribution in [0, 0.1) is 11.8 Å². The number of nitrogens with zero attached hydrogens (tertiary/aromatic N) is 2. The molecular weight excluding hydrogens is 527 g/mol. The lowest BCUT2D eigenvalue weighted by atomic mass is 10.2. The predicted octanol–water partition coefficient (Wildman–Crippen LogP) is 1.84. The van der Waals surface area contributed by atoms with Crippen molar-refractivity contribution in [3.63, 3.8) is 0 Å². The van der Waals surface area contributed by atoms with Crippen molar-refractivity contribution in [3.8, 4) is 11.8 Å². The van der Waals surface area contributed by atoms with Gasteiger partial charge < -0.3 is 30.3 Å². The van der Waals surface area contributed by atoms with Gasteiger partial charge in [-0.25, -0.2) is 4.79 Å². The minimum absolute atomic E-state index is 0.0296. The Morgan fingerprint density at radius 3 is 2.53 bits per heavy atom. The summed E-state index contributed by atoms with van der Waals surface area (Å²) in [4.78, 5) is 39.2. The van der Waals surface area contributed by atoms with Gasteiger partial charge in [0, 0.05) is 19.5 Å². The van der Waals surface area contributed by atoms with E-state index >= 15 is 0 Å². The smallest absolute Gasteiger partial charge is 0.414 e. The van der Waals surface area contributed by atoms with E-state index in [4.69, 9.17) is 19.6 Å². The first kappa shape index (κ1) is 31.4. The minimum atomic E-state index is -5.05. The van der Waals surface area contributed by atoms with Gasteiger partial charge in [-0.15, -0.1) is 0 Å². The third-order valence-corrected chi connectivity index (χ3v) is 10.8. The van der Waals surface area contributed by atoms with Crippen molar-refractivity contribution >= 4 is 25.9 Å². The largest absolute Gasteiger partial charge is 0.471 e. The molecule has 1 aliphatic rings. The van der Waals surface area contributed by atoms with Crippen LogP contribution in [-0.2, 0) is 23.5 Å². The Balaban J connectivity index is 2.31. The molecule has 2 rings (SSSR count). The van der Waals surface area contributed by atoms with Crippen molar-refractivity contribution < 1.29 is 36.7 Å². The van der Waals surface area contributed by atoms with E-state index in [1.807, 2.05) is 0 Å². The second-order valence-electron chi connectivity index (χ2n) is 10.2. The molecule has 1 aromatic rings. The van der Waals surface area contributed by atoms with Gasteiger partial charge in [0.05, 0.1) is 31.5 Å². The summed E-state index contributed by atoms with van der Waals surface area (Å²) in [6.07, 6.45) is -5.39. The van der Waals surface area contributed by atoms with Crippen LogP contribution < -0.4 is 22.1 Å². The summed E-state index contributed by atoms with van der Waals surface area (Å²) in [5.41, 5.74) is 4.86. The average molecular weight is 562 g/mol. The molecule has 0 aromatic carbocycles. The molecule has 38 heavy (non-hydrogen) atoms. The van der Waals surface area contributed by atoms with Crippen molar-refractivity contribution in [3.05, 3.63) is 22.2 Å². The first-order valence-electron chi connectivity index (χ1n) is 11.8. The van der Waals surface area contributed by atoms with Crippen molar-refractivity contribution in [2.75, 3.05) is 25.2 Å². The molecule has 2 heterocycles. The molecule has 0 aliphatic carbocycles. The quantitative estimate of drug-likeness (QED) is 0.248. The molecule has 2 amide bonds. The van der Waals surface area contributed by atoms with Gasteiger partial charge >= 0.3 is 17.8 Å². The normalized spacial score (nSPS) is 20.0. The zero-order valence-corrected chi connectivity index (χ0v) is 23.2. The van der Waals surface area contributed by atoms with Crippen LogP contribution in [0.1, 0.15) is 45.9 Å². The molecule has 1 saturated heterocycles. The Morgan fingerprint density at radius 2 is 1.97 bits per heavy atom. The number of aromatic nitrogens is 2. The Labute approximate surface area is 219 Å². The number of nitrogens with one attached hydrogen (secondary N) is 2. The Bertz CT molecular complexity index is 1140. The molecule has 1 aromatic heterocycles. The molecule has 3 unspecified atom stereocenters. The van der Waals surface area contributed by atoms with Gasteiger partial charge in [-0.2, -0.15) is 18.2 Å². The number of amides is 2. The third kappa shape index (κ3) is 8.37. The molecule has 1 aliphatic heterocycles. The number of ether oxygens (including phenoxy) is 2. The van der Waals surface area contributed by atoms with E-state index in [0.29, 0.717) is 0 Å². The molecular formula is C23H34F3N5O6Si. The molecule has 15 heteroatoms. The SMILES string of the molecule is CC(=O)Nc1nc(=O)n(C2CC(OCN)C(CO[Si](C)(C)C(C)(C)C)O2)cc1C#CCNC(=O)C(F)(F)F. The van der Waals surface area contributed by atoms with Gasteiger partial charge in [0.25, 0.3) is 0 Å². The van der Waals surface area contributed by atoms with E-state index in [1.54, 1.807) is 5.32 Å². The van der Waals surface area contributed by atoms with Gasteiger partial charge in [-0.1, -0.05) is 32.6 Å². The lowest BCUT2D eigenvalue weighted by molar-refractivity contribution is -0.173. The zero-order chi connectivity index (χ0) is 28.9. The lowest BCUT2D eigenvalue weighted by Crippen LogP contribution is -2.44. The topological polar surface area (TPSA) is 147 Å². The molecule has 0 radical (unpaired) electrons. The molecule has 0 spiro atoms. The van der Waals surface area contributed by atoms with Crippen LogP contribution in [0.4, 0.5) is 19.0 Å². The number of halogens is 3. The van der Waals surface area contributed by atoms with Gasteiger partial charge in [0.2, 0.25) is 5.91 Å². The maximum atomic E-state index is 12.8. The van der Waals surface area contributed by atoms with Crippen LogP contribution >= 0.6 is 0 Å². The number of hydrogen-bond donors (Lipinski definition) is 3. The fourth-order valence-corrected chi connectivity index (χ4v) is 4.23. The van der Waals surface area contributed by atoms with Crippen LogP contribution in [0.15, 0.2) is 11.0 Å². The van der Waals surface area contributed by atoms with Gasteiger partial charge in [-0.3, -0.25) is 14.2 Å². The first-order chi connectivity index (χ1) is 17.5. The van der Waals surface area contributed by atoms with Crippen molar-refractivity contribution in [2.45, 2.75) is 76.9 Å². The monoisotopic (exact) mass is 561 g/mol. The van der Waals surface area contributed by atoms with Crippen molar-refractivity contribution in [2.24, 2.45) is 5.73 Å². The molecule has 1 fully saturated rings. The van der Waals surface area contributed by atoms with Crippen LogP contribution in [-0.4, -0.2) is 67.9 Å². The maximum absolute atomic E-state index is 12.8. The molecule has 0 bridgehead atoms. The highest BCUT2D eigenvalue weighted by atomic mass is 28.4. The first-order valence-corrected chi connectivity index (χ1v) is 14.7. The summed E-state index contributed by atoms with van der Waals surface area (Å²) in [5, 5.41) is 3.94. The number of nitrogens with two attached hydrogens (primary N) is 1. The predicted molar refractivity (Wildman–Crippen MR) is 134 cm³/mol. The van der Waals surface area contributed by atoms with Crippen LogP contribution in [0.2, 0.25) is 18.1 Å². The van der Waals surface area contributed by atoms with Gasteiger partial charge in [0.15, 0.2) is 14.1 Å². The second-order valence-corrected chi connectivity index (χ2v) is 15.0. The maximum Gasteiger partial charge on any atom is 0.471 e. The van der Waals surface area contributed by atoms with E-state index in [-0.39, 0.29) is 36.2 Å². The van der Waals surface area contributed by atoms with Crippen LogP contribution in [0.25, 0.3) is 0 Å². The standard InChI is InChI=1S/C23H34F3N5O6Si/c1-14(32)29-19-15(8-7-9-28-20(33)23(24,25)26)11-31(21(34)30-19)18-10-16(35-13-27)17(37-18)12-36-38(5,6)22(2,3)4/h11,16-18H,9-10,12-13,27H2,1-6H3,(H,28,33)(H,29,30,32,34). The molecule has 3 atom stereocenters. The summed E-state index contributed by atoms with van der Waals surface area (Å²) in [7, 11) is -2.11. The Hall–Kier alpha value is -2.77. The summed E-state index contributed by atoms with van der Waals surface area (Å²) < 4.78 is 56.3. The molecule has 212 valence electrons. The third-order valence-electron chi connectivity index (χ3n) is 6.28. The Kier molecular flexibility index (Phi) is 10.3. The number of alkyl halides is 3. The fourth-order valence-electron chi connectivity index (χ4n) is 3.22. The van der Waals surface area contributed by atoms with Gasteiger partial charge in [0.1, 0.15) is 12.3 Å². The molecule has 4 N–H and O–H groups in total. The summed E-state index contributed by atoms with van der Waals surface area (Å²) in [6, 6.07) is 0. The van der Waals surface area contributed by atoms with Gasteiger partial charge in [-0.05, 0) is 18.1 Å². The summed E-state index contributed by atoms with van der Waals surface area (Å²) >= 11 is 0. The molecule has 11 nitrogen and oxygen atoms in total.